The number of nitrogens with two attached hydrogens (primary N) is 1. The summed E-state index contributed by atoms with van der Waals surface area (Å²) in [5.74, 6) is -13.8. The number of ketones is 4. The van der Waals surface area contributed by atoms with Gasteiger partial charge in [0.1, 0.15) is 10.5 Å². The number of likely N-dealkylation sites (N-methyl/N-ethyl adjacent to an activating group) is 1. The van der Waals surface area contributed by atoms with Crippen molar-refractivity contribution in [3.8, 4) is 5.75 Å². The third-order valence-electron chi connectivity index (χ3n) is 8.70. The van der Waals surface area contributed by atoms with E-state index in [2.05, 4.69) is 26.0 Å². The zero-order chi connectivity index (χ0) is 33.2. The van der Waals surface area contributed by atoms with Crippen molar-refractivity contribution in [2.24, 2.45) is 29.4 Å². The Kier molecular flexibility index (Phi) is 9.01. The molecule has 16 heteroatoms. The number of hydrogen-bond donors (Lipinski definition) is 4. The SMILES string of the molecule is COC(=O)CC(Br)C(=O)Nc1c(O)c2c(c(N(C)C)c1Cl)CC1CC3[C@H](N(C)C)C(=O)C(C(N)=O)C(=O)[C@@]3(O)C(=O)C1C2=O. The van der Waals surface area contributed by atoms with Crippen LogP contribution in [0.3, 0.4) is 0 Å². The summed E-state index contributed by atoms with van der Waals surface area (Å²) in [6.45, 7) is 0. The number of phenols is 1. The number of esters is 1. The number of aromatic hydroxyl groups is 1. The van der Waals surface area contributed by atoms with Crippen LogP contribution in [0.25, 0.3) is 0 Å². The number of rotatable bonds is 7. The number of nitrogens with zero attached hydrogens (tertiary/aromatic N) is 2. The van der Waals surface area contributed by atoms with Gasteiger partial charge in [0.15, 0.2) is 40.4 Å². The summed E-state index contributed by atoms with van der Waals surface area (Å²) in [4.78, 5) is 93.4. The van der Waals surface area contributed by atoms with E-state index < -0.39 is 86.8 Å². The van der Waals surface area contributed by atoms with E-state index in [-0.39, 0.29) is 46.8 Å². The van der Waals surface area contributed by atoms with Gasteiger partial charge >= 0.3 is 5.97 Å². The fraction of sp³-hybridized carbons (Fsp3) is 0.536. The lowest BCUT2D eigenvalue weighted by Crippen LogP contribution is -2.74. The normalized spacial score (nSPS) is 28.5. The number of anilines is 2. The highest BCUT2D eigenvalue weighted by atomic mass is 79.9. The van der Waals surface area contributed by atoms with Crippen LogP contribution in [0.4, 0.5) is 11.4 Å². The van der Waals surface area contributed by atoms with Gasteiger partial charge in [-0.15, -0.1) is 0 Å². The molecule has 14 nitrogen and oxygen atoms in total. The number of carbonyl (C=O) groups excluding carboxylic acids is 7. The molecule has 7 atom stereocenters. The van der Waals surface area contributed by atoms with Crippen LogP contribution in [0.5, 0.6) is 5.75 Å². The Morgan fingerprint density at radius 2 is 1.77 bits per heavy atom. The highest BCUT2D eigenvalue weighted by Gasteiger charge is 2.69. The predicted molar refractivity (Wildman–Crippen MR) is 159 cm³/mol. The number of Topliss-reactive ketones (excluding diaryl/α,β-unsaturated/α-hetero) is 4. The minimum absolute atomic E-state index is 0.0235. The van der Waals surface area contributed by atoms with Crippen LogP contribution in [-0.4, -0.2) is 108 Å². The Morgan fingerprint density at radius 1 is 1.16 bits per heavy atom. The van der Waals surface area contributed by atoms with Gasteiger partial charge in [-0.3, -0.25) is 38.5 Å². The maximum Gasteiger partial charge on any atom is 0.307 e. The number of benzene rings is 1. The van der Waals surface area contributed by atoms with Gasteiger partial charge in [0.2, 0.25) is 11.8 Å². The number of ether oxygens (including phenoxy) is 1. The Balaban J connectivity index is 1.86. The van der Waals surface area contributed by atoms with Gasteiger partial charge in [-0.1, -0.05) is 27.5 Å². The molecule has 0 bridgehead atoms. The third-order valence-corrected chi connectivity index (χ3v) is 9.80. The fourth-order valence-electron chi connectivity index (χ4n) is 6.79. The van der Waals surface area contributed by atoms with Crippen molar-refractivity contribution >= 4 is 79.8 Å². The summed E-state index contributed by atoms with van der Waals surface area (Å²) in [5.41, 5.74) is 2.27. The lowest BCUT2D eigenvalue weighted by molar-refractivity contribution is -0.181. The summed E-state index contributed by atoms with van der Waals surface area (Å²) in [6.07, 6.45) is -0.517. The first kappa shape index (κ1) is 33.5. The Hall–Kier alpha value is -3.40. The van der Waals surface area contributed by atoms with Crippen LogP contribution >= 0.6 is 27.5 Å². The second kappa shape index (κ2) is 11.8. The monoisotopic (exact) mass is 698 g/mol. The van der Waals surface area contributed by atoms with Crippen LogP contribution < -0.4 is 16.0 Å². The number of hydrogen-bond acceptors (Lipinski definition) is 12. The lowest BCUT2D eigenvalue weighted by atomic mass is 9.52. The highest BCUT2D eigenvalue weighted by Crippen LogP contribution is 2.54. The fourth-order valence-corrected chi connectivity index (χ4v) is 7.59. The third kappa shape index (κ3) is 4.99. The first-order valence-electron chi connectivity index (χ1n) is 13.5. The molecular formula is C28H32BrClN4O10. The average Bonchev–Trinajstić information content (AvgIpc) is 2.92. The summed E-state index contributed by atoms with van der Waals surface area (Å²) in [5, 5.41) is 25.4. The van der Waals surface area contributed by atoms with Gasteiger partial charge < -0.3 is 30.9 Å². The first-order valence-corrected chi connectivity index (χ1v) is 14.8. The van der Waals surface area contributed by atoms with E-state index in [0.29, 0.717) is 0 Å². The quantitative estimate of drug-likeness (QED) is 0.127. The molecule has 0 spiro atoms. The smallest absolute Gasteiger partial charge is 0.307 e. The standard InChI is InChI=1S/C28H32BrClN4O10/c1-33(2)19-10-6-9-7-11-20(34(3)4)23(38)16(26(31)41)25(40)28(11,43)24(39)14(9)21(36)15(10)22(37)18(17(19)30)32-27(42)12(29)8-13(35)44-5/h9,11-12,14,16,20,37,43H,6-8H2,1-5H3,(H2,31,41)(H,32,42)/t9?,11?,12?,14?,16?,20-,28-/m0/s1. The number of nitrogens with one attached hydrogen (secondary N) is 1. The van der Waals surface area contributed by atoms with Gasteiger partial charge in [0, 0.05) is 20.0 Å². The van der Waals surface area contributed by atoms with Gasteiger partial charge in [-0.25, -0.2) is 0 Å². The number of amides is 2. The zero-order valence-electron chi connectivity index (χ0n) is 24.5. The van der Waals surface area contributed by atoms with E-state index in [1.807, 2.05) is 0 Å². The minimum atomic E-state index is -2.88. The zero-order valence-corrected chi connectivity index (χ0v) is 26.8. The molecule has 0 aromatic heterocycles. The molecule has 238 valence electrons. The molecule has 3 aliphatic carbocycles. The molecule has 4 rings (SSSR count). The molecule has 0 saturated heterocycles. The van der Waals surface area contributed by atoms with Crippen LogP contribution in [0, 0.1) is 23.7 Å². The second-order valence-corrected chi connectivity index (χ2v) is 13.1. The van der Waals surface area contributed by atoms with Crippen molar-refractivity contribution < 1.29 is 48.5 Å². The highest BCUT2D eigenvalue weighted by molar-refractivity contribution is 9.10. The van der Waals surface area contributed by atoms with Gasteiger partial charge in [-0.2, -0.15) is 0 Å². The van der Waals surface area contributed by atoms with E-state index in [1.54, 1.807) is 19.0 Å². The van der Waals surface area contributed by atoms with Gasteiger partial charge in [0.05, 0.1) is 41.8 Å². The number of phenolic OH excluding ortho intramolecular Hbond substituents is 1. The van der Waals surface area contributed by atoms with Crippen molar-refractivity contribution in [2.45, 2.75) is 35.7 Å². The maximum absolute atomic E-state index is 14.1. The van der Waals surface area contributed by atoms with Crippen LogP contribution in [0.2, 0.25) is 5.02 Å². The summed E-state index contributed by atoms with van der Waals surface area (Å²) in [6, 6.07) is -1.23. The Bertz CT molecular complexity index is 1510. The van der Waals surface area contributed by atoms with Crippen LogP contribution in [0.1, 0.15) is 28.8 Å². The van der Waals surface area contributed by atoms with Crippen LogP contribution in [0.15, 0.2) is 0 Å². The molecule has 1 aromatic rings. The molecule has 2 amide bonds. The number of alkyl halides is 1. The molecule has 0 radical (unpaired) electrons. The number of halogens is 2. The second-order valence-electron chi connectivity index (χ2n) is 11.7. The molecule has 0 heterocycles. The number of fused-ring (bicyclic) bond motifs is 3. The average molecular weight is 700 g/mol. The van der Waals surface area contributed by atoms with Crippen molar-refractivity contribution in [2.75, 3.05) is 45.5 Å². The molecule has 44 heavy (non-hydrogen) atoms. The first-order chi connectivity index (χ1) is 20.4. The number of aliphatic hydroxyl groups is 1. The molecule has 1 aromatic carbocycles. The number of methoxy groups -OCH3 is 1. The van der Waals surface area contributed by atoms with E-state index in [9.17, 15) is 43.8 Å². The van der Waals surface area contributed by atoms with Crippen molar-refractivity contribution in [1.82, 2.24) is 4.90 Å². The Labute approximate surface area is 265 Å². The van der Waals surface area contributed by atoms with E-state index >= 15 is 0 Å². The Morgan fingerprint density at radius 3 is 2.30 bits per heavy atom. The van der Waals surface area contributed by atoms with Crippen LogP contribution in [-0.2, 0) is 39.9 Å². The van der Waals surface area contributed by atoms with E-state index in [1.165, 1.54) is 19.0 Å². The molecule has 2 saturated carbocycles. The summed E-state index contributed by atoms with van der Waals surface area (Å²) in [7, 11) is 7.36. The minimum Gasteiger partial charge on any atom is -0.505 e. The van der Waals surface area contributed by atoms with Crippen molar-refractivity contribution in [1.29, 1.82) is 0 Å². The van der Waals surface area contributed by atoms with Crippen molar-refractivity contribution in [3.05, 3.63) is 16.1 Å². The molecular weight excluding hydrogens is 668 g/mol. The molecule has 0 aliphatic heterocycles. The summed E-state index contributed by atoms with van der Waals surface area (Å²) < 4.78 is 4.57. The van der Waals surface area contributed by atoms with E-state index in [0.717, 1.165) is 7.11 Å². The number of carbonyl (C=O) groups is 7. The molecule has 3 aliphatic rings. The summed E-state index contributed by atoms with van der Waals surface area (Å²) >= 11 is 9.76. The topological polar surface area (TPSA) is 214 Å². The van der Waals surface area contributed by atoms with Crippen molar-refractivity contribution in [3.63, 3.8) is 0 Å². The number of primary amides is 1. The largest absolute Gasteiger partial charge is 0.505 e. The molecule has 5 unspecified atom stereocenters. The molecule has 2 fully saturated rings. The predicted octanol–water partition coefficient (Wildman–Crippen LogP) is -0.148. The lowest BCUT2D eigenvalue weighted by Gasteiger charge is -2.52. The van der Waals surface area contributed by atoms with E-state index in [4.69, 9.17) is 17.3 Å². The maximum atomic E-state index is 14.1. The van der Waals surface area contributed by atoms with Gasteiger partial charge in [-0.05, 0) is 38.4 Å². The molecule has 5 N–H and O–H groups in total. The van der Waals surface area contributed by atoms with Gasteiger partial charge in [0.25, 0.3) is 0 Å².